The predicted octanol–water partition coefficient (Wildman–Crippen LogP) is 2.41. The van der Waals surface area contributed by atoms with E-state index in [1.54, 1.807) is 12.3 Å². The molecule has 0 spiro atoms. The first-order valence-corrected chi connectivity index (χ1v) is 5.53. The molecule has 0 aromatic carbocycles. The lowest BCUT2D eigenvalue weighted by atomic mass is 10.2. The molecule has 16 heavy (non-hydrogen) atoms. The van der Waals surface area contributed by atoms with Crippen molar-refractivity contribution in [3.8, 4) is 5.88 Å². The van der Waals surface area contributed by atoms with Gasteiger partial charge >= 0.3 is 5.97 Å². The maximum absolute atomic E-state index is 11.0. The molecule has 0 bridgehead atoms. The van der Waals surface area contributed by atoms with Crippen LogP contribution in [0.2, 0.25) is 0 Å². The van der Waals surface area contributed by atoms with Gasteiger partial charge in [0.05, 0.1) is 0 Å². The Morgan fingerprint density at radius 3 is 2.81 bits per heavy atom. The number of pyridine rings is 1. The third kappa shape index (κ3) is 2.32. The standard InChI is InChI=1S/C12H15NO3/c1-8-6-10(12(14)15)11(13-7-8)16-9-4-2-3-5-9/h6-7,9H,2-5H2,1H3,(H,14,15). The summed E-state index contributed by atoms with van der Waals surface area (Å²) in [6.45, 7) is 1.82. The lowest BCUT2D eigenvalue weighted by molar-refractivity contribution is 0.0687. The Bertz CT molecular complexity index is 397. The number of aromatic nitrogens is 1. The number of carboxylic acid groups (broad SMARTS) is 1. The van der Waals surface area contributed by atoms with E-state index in [0.29, 0.717) is 0 Å². The molecule has 1 N–H and O–H groups in total. The average Bonchev–Trinajstić information content (AvgIpc) is 2.73. The van der Waals surface area contributed by atoms with Gasteiger partial charge < -0.3 is 9.84 Å². The Labute approximate surface area is 94.3 Å². The third-order valence-corrected chi connectivity index (χ3v) is 2.80. The summed E-state index contributed by atoms with van der Waals surface area (Å²) in [5.41, 5.74) is 0.989. The van der Waals surface area contributed by atoms with Crippen molar-refractivity contribution in [2.24, 2.45) is 0 Å². The molecule has 4 nitrogen and oxygen atoms in total. The fraction of sp³-hybridized carbons (Fsp3) is 0.500. The van der Waals surface area contributed by atoms with E-state index < -0.39 is 5.97 Å². The third-order valence-electron chi connectivity index (χ3n) is 2.80. The molecule has 0 saturated heterocycles. The van der Waals surface area contributed by atoms with E-state index in [0.717, 1.165) is 31.2 Å². The maximum Gasteiger partial charge on any atom is 0.341 e. The number of hydrogen-bond donors (Lipinski definition) is 1. The molecule has 1 saturated carbocycles. The minimum Gasteiger partial charge on any atom is -0.477 e. The Morgan fingerprint density at radius 2 is 2.19 bits per heavy atom. The summed E-state index contributed by atoms with van der Waals surface area (Å²) in [7, 11) is 0. The van der Waals surface area contributed by atoms with Crippen molar-refractivity contribution >= 4 is 5.97 Å². The normalized spacial score (nSPS) is 16.3. The van der Waals surface area contributed by atoms with E-state index in [1.807, 2.05) is 6.92 Å². The smallest absolute Gasteiger partial charge is 0.341 e. The summed E-state index contributed by atoms with van der Waals surface area (Å²) in [5, 5.41) is 9.04. The van der Waals surface area contributed by atoms with Gasteiger partial charge in [-0.2, -0.15) is 0 Å². The van der Waals surface area contributed by atoms with Gasteiger partial charge in [-0.15, -0.1) is 0 Å². The van der Waals surface area contributed by atoms with Crippen LogP contribution in [0, 0.1) is 6.92 Å². The van der Waals surface area contributed by atoms with Gasteiger partial charge in [0.1, 0.15) is 11.7 Å². The van der Waals surface area contributed by atoms with Gasteiger partial charge in [0.15, 0.2) is 0 Å². The van der Waals surface area contributed by atoms with Crippen LogP contribution < -0.4 is 4.74 Å². The monoisotopic (exact) mass is 221 g/mol. The number of ether oxygens (including phenoxy) is 1. The van der Waals surface area contributed by atoms with Crippen LogP contribution in [0.5, 0.6) is 5.88 Å². The number of aryl methyl sites for hydroxylation is 1. The Hall–Kier alpha value is -1.58. The number of carboxylic acids is 1. The summed E-state index contributed by atoms with van der Waals surface area (Å²) < 4.78 is 5.63. The number of nitrogens with zero attached hydrogens (tertiary/aromatic N) is 1. The first-order chi connectivity index (χ1) is 7.66. The van der Waals surface area contributed by atoms with Crippen LogP contribution in [0.15, 0.2) is 12.3 Å². The van der Waals surface area contributed by atoms with E-state index in [-0.39, 0.29) is 17.5 Å². The highest BCUT2D eigenvalue weighted by molar-refractivity contribution is 5.90. The van der Waals surface area contributed by atoms with Gasteiger partial charge in [-0.05, 0) is 44.2 Å². The minimum atomic E-state index is -0.982. The van der Waals surface area contributed by atoms with Crippen molar-refractivity contribution in [1.82, 2.24) is 4.98 Å². The molecule has 0 aliphatic heterocycles. The van der Waals surface area contributed by atoms with Gasteiger partial charge in [0.25, 0.3) is 0 Å². The Kier molecular flexibility index (Phi) is 3.08. The molecule has 0 unspecified atom stereocenters. The van der Waals surface area contributed by atoms with Crippen LogP contribution in [0.25, 0.3) is 0 Å². The largest absolute Gasteiger partial charge is 0.477 e. The van der Waals surface area contributed by atoms with Gasteiger partial charge in [0, 0.05) is 6.20 Å². The minimum absolute atomic E-state index is 0.133. The van der Waals surface area contributed by atoms with Gasteiger partial charge in [-0.1, -0.05) is 0 Å². The zero-order valence-electron chi connectivity index (χ0n) is 9.27. The lowest BCUT2D eigenvalue weighted by Gasteiger charge is -2.13. The highest BCUT2D eigenvalue weighted by Crippen LogP contribution is 2.25. The zero-order valence-corrected chi connectivity index (χ0v) is 9.27. The molecule has 1 aromatic heterocycles. The van der Waals surface area contributed by atoms with Crippen molar-refractivity contribution < 1.29 is 14.6 Å². The van der Waals surface area contributed by atoms with Crippen molar-refractivity contribution in [3.05, 3.63) is 23.4 Å². The molecule has 1 aromatic rings. The first-order valence-electron chi connectivity index (χ1n) is 5.53. The highest BCUT2D eigenvalue weighted by atomic mass is 16.5. The highest BCUT2D eigenvalue weighted by Gasteiger charge is 2.20. The van der Waals surface area contributed by atoms with E-state index in [4.69, 9.17) is 9.84 Å². The second-order valence-corrected chi connectivity index (χ2v) is 4.19. The predicted molar refractivity (Wildman–Crippen MR) is 58.8 cm³/mol. The van der Waals surface area contributed by atoms with Crippen molar-refractivity contribution in [2.45, 2.75) is 38.7 Å². The maximum atomic E-state index is 11.0. The van der Waals surface area contributed by atoms with E-state index >= 15 is 0 Å². The van der Waals surface area contributed by atoms with Crippen LogP contribution in [-0.2, 0) is 0 Å². The number of carbonyl (C=O) groups is 1. The van der Waals surface area contributed by atoms with Crippen LogP contribution in [0.1, 0.15) is 41.6 Å². The van der Waals surface area contributed by atoms with Gasteiger partial charge in [-0.3, -0.25) is 0 Å². The Balaban J connectivity index is 2.21. The molecule has 1 aliphatic carbocycles. The molecule has 1 aliphatic rings. The van der Waals surface area contributed by atoms with Crippen LogP contribution >= 0.6 is 0 Å². The van der Waals surface area contributed by atoms with Crippen molar-refractivity contribution in [2.75, 3.05) is 0 Å². The summed E-state index contributed by atoms with van der Waals surface area (Å²) in [6.07, 6.45) is 6.06. The molecule has 2 rings (SSSR count). The summed E-state index contributed by atoms with van der Waals surface area (Å²) >= 11 is 0. The number of hydrogen-bond acceptors (Lipinski definition) is 3. The molecule has 0 radical (unpaired) electrons. The number of rotatable bonds is 3. The molecule has 0 amide bonds. The molecule has 1 heterocycles. The molecule has 1 fully saturated rings. The van der Waals surface area contributed by atoms with Crippen LogP contribution in [0.4, 0.5) is 0 Å². The fourth-order valence-corrected chi connectivity index (χ4v) is 1.97. The second-order valence-electron chi connectivity index (χ2n) is 4.19. The lowest BCUT2D eigenvalue weighted by Crippen LogP contribution is -2.15. The van der Waals surface area contributed by atoms with Crippen molar-refractivity contribution in [1.29, 1.82) is 0 Å². The number of aromatic carboxylic acids is 1. The van der Waals surface area contributed by atoms with E-state index in [2.05, 4.69) is 4.98 Å². The molecular weight excluding hydrogens is 206 g/mol. The van der Waals surface area contributed by atoms with Crippen molar-refractivity contribution in [3.63, 3.8) is 0 Å². The van der Waals surface area contributed by atoms with Gasteiger partial charge in [0.2, 0.25) is 5.88 Å². The Morgan fingerprint density at radius 1 is 1.50 bits per heavy atom. The summed E-state index contributed by atoms with van der Waals surface area (Å²) in [5.74, 6) is -0.728. The second kappa shape index (κ2) is 4.51. The topological polar surface area (TPSA) is 59.4 Å². The molecule has 0 atom stereocenters. The molecule has 86 valence electrons. The zero-order chi connectivity index (χ0) is 11.5. The summed E-state index contributed by atoms with van der Waals surface area (Å²) in [6, 6.07) is 1.60. The van der Waals surface area contributed by atoms with Crippen LogP contribution in [-0.4, -0.2) is 22.2 Å². The van der Waals surface area contributed by atoms with Gasteiger partial charge in [-0.25, -0.2) is 9.78 Å². The quantitative estimate of drug-likeness (QED) is 0.851. The van der Waals surface area contributed by atoms with E-state index in [9.17, 15) is 4.79 Å². The summed E-state index contributed by atoms with van der Waals surface area (Å²) in [4.78, 5) is 15.1. The SMILES string of the molecule is Cc1cnc(OC2CCCC2)c(C(=O)O)c1. The molecular formula is C12H15NO3. The average molecular weight is 221 g/mol. The first kappa shape index (κ1) is 10.9. The molecule has 4 heteroatoms. The van der Waals surface area contributed by atoms with Crippen LogP contribution in [0.3, 0.4) is 0 Å². The van der Waals surface area contributed by atoms with E-state index in [1.165, 1.54) is 0 Å². The fourth-order valence-electron chi connectivity index (χ4n) is 1.97.